The number of H-pyrrole nitrogens is 1. The molecule has 1 atom stereocenters. The normalized spacial score (nSPS) is 16.6. The van der Waals surface area contributed by atoms with Gasteiger partial charge in [-0.15, -0.1) is 5.10 Å². The van der Waals surface area contributed by atoms with Crippen LogP contribution in [0.25, 0.3) is 11.5 Å². The van der Waals surface area contributed by atoms with Crippen LogP contribution in [0.15, 0.2) is 21.3 Å². The van der Waals surface area contributed by atoms with Crippen molar-refractivity contribution in [3.05, 3.63) is 37.8 Å². The summed E-state index contributed by atoms with van der Waals surface area (Å²) in [6.45, 7) is 3.92. The molecule has 1 aromatic carbocycles. The molecule has 2 aromatic rings. The number of anilines is 1. The van der Waals surface area contributed by atoms with Gasteiger partial charge in [-0.3, -0.25) is 10.1 Å². The highest BCUT2D eigenvalue weighted by Gasteiger charge is 2.24. The van der Waals surface area contributed by atoms with Gasteiger partial charge in [0, 0.05) is 17.7 Å². The van der Waals surface area contributed by atoms with Gasteiger partial charge in [0.1, 0.15) is 5.02 Å². The number of halogens is 1. The van der Waals surface area contributed by atoms with Crippen LogP contribution < -0.4 is 16.4 Å². The summed E-state index contributed by atoms with van der Waals surface area (Å²) in [6.07, 6.45) is 2.03. The quantitative estimate of drug-likeness (QED) is 0.547. The molecule has 10 heteroatoms. The fourth-order valence-electron chi connectivity index (χ4n) is 3.03. The van der Waals surface area contributed by atoms with E-state index in [9.17, 15) is 14.9 Å². The molecule has 1 aliphatic heterocycles. The van der Waals surface area contributed by atoms with Crippen molar-refractivity contribution in [2.75, 3.05) is 18.4 Å². The molecule has 3 N–H and O–H groups in total. The first-order valence-corrected chi connectivity index (χ1v) is 8.34. The van der Waals surface area contributed by atoms with E-state index in [-0.39, 0.29) is 22.6 Å². The molecule has 1 fully saturated rings. The van der Waals surface area contributed by atoms with Gasteiger partial charge in [-0.05, 0) is 44.8 Å². The number of piperidine rings is 1. The van der Waals surface area contributed by atoms with Crippen molar-refractivity contribution in [1.82, 2.24) is 15.5 Å². The Hall–Kier alpha value is -2.39. The zero-order valence-corrected chi connectivity index (χ0v) is 14.3. The maximum absolute atomic E-state index is 11.3. The summed E-state index contributed by atoms with van der Waals surface area (Å²) < 4.78 is 4.90. The summed E-state index contributed by atoms with van der Waals surface area (Å²) in [6, 6.07) is 2.93. The van der Waals surface area contributed by atoms with Crippen molar-refractivity contribution in [2.45, 2.75) is 25.8 Å². The molecule has 9 nitrogen and oxygen atoms in total. The average Bonchev–Trinajstić information content (AvgIpc) is 3.03. The SMILES string of the molecule is C[C@H](Nc1cc(-c2n[nH]c(=O)o2)cc([N+](=O)[O-])c1Cl)C1CCNCC1. The summed E-state index contributed by atoms with van der Waals surface area (Å²) in [5.41, 5.74) is 0.446. The fraction of sp³-hybridized carbons (Fsp3) is 0.467. The number of hydrogen-bond donors (Lipinski definition) is 3. The fourth-order valence-corrected chi connectivity index (χ4v) is 3.26. The van der Waals surface area contributed by atoms with Crippen LogP contribution in [-0.4, -0.2) is 34.3 Å². The van der Waals surface area contributed by atoms with Crippen molar-refractivity contribution in [1.29, 1.82) is 0 Å². The molecule has 25 heavy (non-hydrogen) atoms. The Labute approximate surface area is 147 Å². The number of nitro groups is 1. The third kappa shape index (κ3) is 3.83. The smallest absolute Gasteiger partial charge is 0.388 e. The molecule has 3 rings (SSSR count). The second-order valence-electron chi connectivity index (χ2n) is 6.05. The number of aromatic amines is 1. The number of aromatic nitrogens is 2. The van der Waals surface area contributed by atoms with Crippen LogP contribution >= 0.6 is 11.6 Å². The molecule has 0 aliphatic carbocycles. The summed E-state index contributed by atoms with van der Waals surface area (Å²) in [5.74, 6) is -0.323. The first kappa shape index (κ1) is 17.4. The van der Waals surface area contributed by atoms with Gasteiger partial charge in [-0.2, -0.15) is 0 Å². The predicted molar refractivity (Wildman–Crippen MR) is 92.9 cm³/mol. The number of nitrogens with one attached hydrogen (secondary N) is 3. The first-order valence-electron chi connectivity index (χ1n) is 7.96. The molecule has 0 amide bonds. The predicted octanol–water partition coefficient (Wildman–Crippen LogP) is 2.39. The Bertz CT molecular complexity index is 828. The van der Waals surface area contributed by atoms with Crippen LogP contribution in [0.4, 0.5) is 11.4 Å². The lowest BCUT2D eigenvalue weighted by Gasteiger charge is -2.29. The maximum atomic E-state index is 11.3. The van der Waals surface area contributed by atoms with Gasteiger partial charge in [0.05, 0.1) is 10.6 Å². The number of nitro benzene ring substituents is 1. The summed E-state index contributed by atoms with van der Waals surface area (Å²) in [5, 5.41) is 23.8. The number of rotatable bonds is 5. The van der Waals surface area contributed by atoms with Gasteiger partial charge in [0.15, 0.2) is 0 Å². The lowest BCUT2D eigenvalue weighted by molar-refractivity contribution is -0.384. The van der Waals surface area contributed by atoms with Crippen molar-refractivity contribution in [3.63, 3.8) is 0 Å². The Morgan fingerprint density at radius 1 is 1.44 bits per heavy atom. The van der Waals surface area contributed by atoms with E-state index in [2.05, 4.69) is 20.8 Å². The van der Waals surface area contributed by atoms with E-state index in [4.69, 9.17) is 16.0 Å². The van der Waals surface area contributed by atoms with E-state index in [0.717, 1.165) is 25.9 Å². The zero-order valence-electron chi connectivity index (χ0n) is 13.5. The number of hydrogen-bond acceptors (Lipinski definition) is 7. The molecular formula is C15H18ClN5O4. The minimum absolute atomic E-state index is 0.0208. The van der Waals surface area contributed by atoms with Gasteiger partial charge < -0.3 is 15.1 Å². The molecule has 0 spiro atoms. The van der Waals surface area contributed by atoms with Gasteiger partial charge in [0.2, 0.25) is 5.89 Å². The van der Waals surface area contributed by atoms with Crippen molar-refractivity contribution < 1.29 is 9.34 Å². The van der Waals surface area contributed by atoms with Crippen molar-refractivity contribution >= 4 is 23.0 Å². The van der Waals surface area contributed by atoms with E-state index in [1.165, 1.54) is 6.07 Å². The van der Waals surface area contributed by atoms with Crippen LogP contribution in [0.5, 0.6) is 0 Å². The van der Waals surface area contributed by atoms with E-state index in [1.54, 1.807) is 6.07 Å². The molecule has 134 valence electrons. The van der Waals surface area contributed by atoms with Crippen molar-refractivity contribution in [3.8, 4) is 11.5 Å². The minimum atomic E-state index is -0.731. The topological polar surface area (TPSA) is 126 Å². The molecule has 1 saturated heterocycles. The molecule has 2 heterocycles. The third-order valence-electron chi connectivity index (χ3n) is 4.41. The molecule has 0 bridgehead atoms. The first-order chi connectivity index (χ1) is 12.0. The van der Waals surface area contributed by atoms with Gasteiger partial charge >= 0.3 is 5.76 Å². The number of nitrogens with zero attached hydrogens (tertiary/aromatic N) is 2. The average molecular weight is 368 g/mol. The molecule has 0 radical (unpaired) electrons. The Morgan fingerprint density at radius 2 is 2.16 bits per heavy atom. The summed E-state index contributed by atoms with van der Waals surface area (Å²) in [7, 11) is 0. The minimum Gasteiger partial charge on any atom is -0.388 e. The van der Waals surface area contributed by atoms with Crippen LogP contribution in [0.1, 0.15) is 19.8 Å². The van der Waals surface area contributed by atoms with Crippen molar-refractivity contribution in [2.24, 2.45) is 5.92 Å². The maximum Gasteiger partial charge on any atom is 0.434 e. The van der Waals surface area contributed by atoms with Gasteiger partial charge in [0.25, 0.3) is 5.69 Å². The van der Waals surface area contributed by atoms with Crippen LogP contribution in [0.2, 0.25) is 5.02 Å². The highest BCUT2D eigenvalue weighted by molar-refractivity contribution is 6.35. The monoisotopic (exact) mass is 367 g/mol. The van der Waals surface area contributed by atoms with Gasteiger partial charge in [-0.1, -0.05) is 11.6 Å². The second-order valence-corrected chi connectivity index (χ2v) is 6.43. The van der Waals surface area contributed by atoms with E-state index < -0.39 is 10.7 Å². The largest absolute Gasteiger partial charge is 0.434 e. The molecule has 0 saturated carbocycles. The lowest BCUT2D eigenvalue weighted by Crippen LogP contribution is -2.36. The summed E-state index contributed by atoms with van der Waals surface area (Å²) >= 11 is 6.21. The summed E-state index contributed by atoms with van der Waals surface area (Å²) in [4.78, 5) is 21.9. The zero-order chi connectivity index (χ0) is 18.0. The second kappa shape index (κ2) is 7.24. The molecule has 0 unspecified atom stereocenters. The Morgan fingerprint density at radius 3 is 2.76 bits per heavy atom. The van der Waals surface area contributed by atoms with Crippen LogP contribution in [0, 0.1) is 16.0 Å². The molecular weight excluding hydrogens is 350 g/mol. The van der Waals surface area contributed by atoms with E-state index >= 15 is 0 Å². The van der Waals surface area contributed by atoms with Crippen LogP contribution in [0.3, 0.4) is 0 Å². The van der Waals surface area contributed by atoms with E-state index in [0.29, 0.717) is 17.2 Å². The molecule has 1 aromatic heterocycles. The number of benzene rings is 1. The Balaban J connectivity index is 1.95. The third-order valence-corrected chi connectivity index (χ3v) is 4.81. The highest BCUT2D eigenvalue weighted by Crippen LogP contribution is 2.37. The van der Waals surface area contributed by atoms with Gasteiger partial charge in [-0.25, -0.2) is 9.89 Å². The highest BCUT2D eigenvalue weighted by atomic mass is 35.5. The Kier molecular flexibility index (Phi) is 5.05. The molecule has 1 aliphatic rings. The van der Waals surface area contributed by atoms with E-state index in [1.807, 2.05) is 6.92 Å². The standard InChI is InChI=1S/C15H18ClN5O4/c1-8(9-2-4-17-5-3-9)18-11-6-10(14-19-20-15(22)25-14)7-12(13(11)16)21(23)24/h6-9,17-18H,2-5H2,1H3,(H,20,22)/t8-/m0/s1. The van der Waals surface area contributed by atoms with Crippen LogP contribution in [-0.2, 0) is 0 Å². The lowest BCUT2D eigenvalue weighted by atomic mass is 9.91.